The molecule has 47 heavy (non-hydrogen) atoms. The van der Waals surface area contributed by atoms with Crippen molar-refractivity contribution >= 4 is 13.7 Å². The highest BCUT2D eigenvalue weighted by atomic mass is 31.2. The van der Waals surface area contributed by atoms with Crippen LogP contribution in [0.5, 0.6) is 5.75 Å². The van der Waals surface area contributed by atoms with Gasteiger partial charge in [0.2, 0.25) is 0 Å². The van der Waals surface area contributed by atoms with Crippen molar-refractivity contribution in [2.24, 2.45) is 52.3 Å². The Kier molecular flexibility index (Phi) is 11.3. The Morgan fingerprint density at radius 1 is 0.979 bits per heavy atom. The Balaban J connectivity index is 1.27. The van der Waals surface area contributed by atoms with E-state index in [1.54, 1.807) is 32.9 Å². The van der Waals surface area contributed by atoms with Crippen LogP contribution in [-0.2, 0) is 18.6 Å². The van der Waals surface area contributed by atoms with Gasteiger partial charge in [-0.1, -0.05) is 51.8 Å². The van der Waals surface area contributed by atoms with E-state index in [0.29, 0.717) is 47.7 Å². The number of benzene rings is 1. The van der Waals surface area contributed by atoms with Crippen molar-refractivity contribution in [1.29, 1.82) is 0 Å². The molecule has 0 saturated heterocycles. The summed E-state index contributed by atoms with van der Waals surface area (Å²) in [5.74, 6) is 2.65. The van der Waals surface area contributed by atoms with Crippen LogP contribution in [0, 0.1) is 59.2 Å². The van der Waals surface area contributed by atoms with E-state index in [1.165, 1.54) is 0 Å². The Hall–Kier alpha value is -1.44. The fourth-order valence-corrected chi connectivity index (χ4v) is 12.4. The zero-order chi connectivity index (χ0) is 34.3. The molecule has 4 saturated carbocycles. The van der Waals surface area contributed by atoms with Crippen LogP contribution in [0.2, 0.25) is 0 Å². The molecular formula is C38H62NO7P. The van der Waals surface area contributed by atoms with Gasteiger partial charge in [-0.25, -0.2) is 4.57 Å². The lowest BCUT2D eigenvalue weighted by Crippen LogP contribution is -2.62. The van der Waals surface area contributed by atoms with Crippen molar-refractivity contribution in [3.05, 3.63) is 29.8 Å². The molecule has 13 atom stereocenters. The minimum absolute atomic E-state index is 0.132. The summed E-state index contributed by atoms with van der Waals surface area (Å²) in [6.07, 6.45) is 8.19. The topological polar surface area (TPSA) is 114 Å². The van der Waals surface area contributed by atoms with Crippen molar-refractivity contribution in [1.82, 2.24) is 5.09 Å². The van der Waals surface area contributed by atoms with E-state index in [9.17, 15) is 19.6 Å². The Morgan fingerprint density at radius 2 is 1.64 bits per heavy atom. The number of esters is 1. The number of hydrogen-bond donors (Lipinski definition) is 3. The maximum atomic E-state index is 14.1. The number of hydrogen-bond acceptors (Lipinski definition) is 7. The van der Waals surface area contributed by atoms with Gasteiger partial charge in [0.1, 0.15) is 11.8 Å². The fourth-order valence-electron chi connectivity index (χ4n) is 10.9. The predicted molar refractivity (Wildman–Crippen MR) is 185 cm³/mol. The summed E-state index contributed by atoms with van der Waals surface area (Å²) in [6, 6.07) is 6.40. The van der Waals surface area contributed by atoms with Crippen molar-refractivity contribution < 1.29 is 33.4 Å². The van der Waals surface area contributed by atoms with Gasteiger partial charge in [0.25, 0.3) is 0 Å². The zero-order valence-corrected chi connectivity index (χ0v) is 31.0. The second-order valence-corrected chi connectivity index (χ2v) is 18.2. The predicted octanol–water partition coefficient (Wildman–Crippen LogP) is 8.08. The SMILES string of the molecule is CC[C@H]1C(O)C2C(CC[C@@]3(C)C2CC[C@@H]3[C@H](C)CCO[P@@](=O)(N[C@@H](C)C(=O)OC(C)C)Oc2ccc(C)cc2)[C@@]2(C)CC[C@@H](O)CC12. The van der Waals surface area contributed by atoms with Crippen LogP contribution in [0.4, 0.5) is 0 Å². The number of aryl methyl sites for hydroxylation is 1. The quantitative estimate of drug-likeness (QED) is 0.151. The first-order valence-electron chi connectivity index (χ1n) is 18.5. The molecule has 0 radical (unpaired) electrons. The number of carbonyl (C=O) groups is 1. The molecule has 0 aliphatic heterocycles. The standard InChI is InChI=1S/C38H62NO7P/c1-9-29-33-22-27(40)16-19-38(33,8)32-17-20-37(7)30(14-15-31(37)34(32)35(29)41)25(5)18-21-44-47(43,39-26(6)36(42)45-23(2)3)46-28-12-10-24(4)11-13-28/h10-13,23,25-27,29-35,40-41H,9,14-22H2,1-8H3,(H,39,43)/t25-,26+,27-,29-,30-,31?,32?,33?,34?,35?,37-,38-,47+/m1/s1. The van der Waals surface area contributed by atoms with Crippen LogP contribution in [0.25, 0.3) is 0 Å². The number of aliphatic hydroxyl groups excluding tert-OH is 2. The lowest BCUT2D eigenvalue weighted by molar-refractivity contribution is -0.203. The number of rotatable bonds is 12. The lowest BCUT2D eigenvalue weighted by atomic mass is 9.41. The molecule has 0 bridgehead atoms. The molecule has 0 spiro atoms. The van der Waals surface area contributed by atoms with Gasteiger partial charge in [-0.2, -0.15) is 5.09 Å². The third-order valence-electron chi connectivity index (χ3n) is 13.3. The second-order valence-electron chi connectivity index (χ2n) is 16.5. The minimum Gasteiger partial charge on any atom is -0.462 e. The number of fused-ring (bicyclic) bond motifs is 5. The highest BCUT2D eigenvalue weighted by Gasteiger charge is 2.64. The number of carbonyl (C=O) groups excluding carboxylic acids is 1. The average Bonchev–Trinajstić information content (AvgIpc) is 3.36. The molecule has 1 aromatic rings. The van der Waals surface area contributed by atoms with Gasteiger partial charge < -0.3 is 19.5 Å². The van der Waals surface area contributed by atoms with E-state index in [4.69, 9.17) is 13.8 Å². The second kappa shape index (κ2) is 14.4. The normalized spacial score (nSPS) is 39.2. The van der Waals surface area contributed by atoms with Gasteiger partial charge in [-0.15, -0.1) is 0 Å². The van der Waals surface area contributed by atoms with E-state index in [-0.39, 0.29) is 41.7 Å². The van der Waals surface area contributed by atoms with E-state index in [2.05, 4.69) is 32.8 Å². The molecular weight excluding hydrogens is 613 g/mol. The molecule has 5 rings (SSSR count). The van der Waals surface area contributed by atoms with E-state index < -0.39 is 19.8 Å². The van der Waals surface area contributed by atoms with Gasteiger partial charge in [0.05, 0.1) is 24.9 Å². The molecule has 0 amide bonds. The minimum atomic E-state index is -3.91. The van der Waals surface area contributed by atoms with Crippen LogP contribution >= 0.6 is 7.75 Å². The van der Waals surface area contributed by atoms with Crippen LogP contribution in [0.15, 0.2) is 24.3 Å². The van der Waals surface area contributed by atoms with Crippen molar-refractivity contribution in [2.75, 3.05) is 6.61 Å². The molecule has 0 heterocycles. The molecule has 0 aromatic heterocycles. The third-order valence-corrected chi connectivity index (χ3v) is 15.0. The van der Waals surface area contributed by atoms with E-state index in [0.717, 1.165) is 56.9 Å². The summed E-state index contributed by atoms with van der Waals surface area (Å²) in [4.78, 5) is 12.6. The summed E-state index contributed by atoms with van der Waals surface area (Å²) < 4.78 is 31.4. The Bertz CT molecular complexity index is 1270. The smallest absolute Gasteiger partial charge is 0.459 e. The maximum absolute atomic E-state index is 14.1. The molecule has 9 heteroatoms. The third kappa shape index (κ3) is 7.38. The zero-order valence-electron chi connectivity index (χ0n) is 30.1. The molecule has 4 aliphatic rings. The largest absolute Gasteiger partial charge is 0.462 e. The molecule has 5 unspecified atom stereocenters. The highest BCUT2D eigenvalue weighted by molar-refractivity contribution is 7.52. The average molecular weight is 676 g/mol. The number of nitrogens with one attached hydrogen (secondary N) is 1. The number of aliphatic hydroxyl groups is 2. The molecule has 4 fully saturated rings. The van der Waals surface area contributed by atoms with Crippen LogP contribution in [0.1, 0.15) is 112 Å². The highest BCUT2D eigenvalue weighted by Crippen LogP contribution is 2.69. The summed E-state index contributed by atoms with van der Waals surface area (Å²) >= 11 is 0. The monoisotopic (exact) mass is 675 g/mol. The molecule has 4 aliphatic carbocycles. The Morgan fingerprint density at radius 3 is 2.30 bits per heavy atom. The first-order chi connectivity index (χ1) is 22.1. The van der Waals surface area contributed by atoms with Crippen LogP contribution in [0.3, 0.4) is 0 Å². The van der Waals surface area contributed by atoms with Gasteiger partial charge in [-0.3, -0.25) is 9.32 Å². The fraction of sp³-hybridized carbons (Fsp3) is 0.816. The summed E-state index contributed by atoms with van der Waals surface area (Å²) in [7, 11) is -3.91. The Labute approximate surface area is 283 Å². The van der Waals surface area contributed by atoms with Crippen LogP contribution < -0.4 is 9.61 Å². The van der Waals surface area contributed by atoms with Gasteiger partial charge in [-0.05, 0) is 143 Å². The first kappa shape index (κ1) is 36.8. The van der Waals surface area contributed by atoms with Crippen molar-refractivity contribution in [3.8, 4) is 5.75 Å². The maximum Gasteiger partial charge on any atom is 0.459 e. The van der Waals surface area contributed by atoms with Gasteiger partial charge in [0, 0.05) is 0 Å². The number of ether oxygens (including phenoxy) is 1. The summed E-state index contributed by atoms with van der Waals surface area (Å²) in [5.41, 5.74) is 1.37. The molecule has 1 aromatic carbocycles. The van der Waals surface area contributed by atoms with E-state index >= 15 is 0 Å². The van der Waals surface area contributed by atoms with Gasteiger partial charge >= 0.3 is 13.7 Å². The first-order valence-corrected chi connectivity index (χ1v) is 20.0. The molecule has 266 valence electrons. The van der Waals surface area contributed by atoms with Crippen molar-refractivity contribution in [2.45, 2.75) is 138 Å². The summed E-state index contributed by atoms with van der Waals surface area (Å²) in [6.45, 7) is 16.8. The molecule has 3 N–H and O–H groups in total. The van der Waals surface area contributed by atoms with Crippen molar-refractivity contribution in [3.63, 3.8) is 0 Å². The lowest BCUT2D eigenvalue weighted by Gasteiger charge is -2.64. The van der Waals surface area contributed by atoms with E-state index in [1.807, 2.05) is 19.1 Å². The van der Waals surface area contributed by atoms with Gasteiger partial charge in [0.15, 0.2) is 0 Å². The molecule has 8 nitrogen and oxygen atoms in total. The van der Waals surface area contributed by atoms with Crippen LogP contribution in [-0.4, -0.2) is 47.1 Å². The summed E-state index contributed by atoms with van der Waals surface area (Å²) in [5, 5.41) is 25.5.